The summed E-state index contributed by atoms with van der Waals surface area (Å²) in [6, 6.07) is 11.1. The minimum atomic E-state index is -0.0311. The number of carbonyl (C=O) groups excluding carboxylic acids is 2. The molecule has 0 spiro atoms. The van der Waals surface area contributed by atoms with Crippen LogP contribution < -0.4 is 9.47 Å². The van der Waals surface area contributed by atoms with E-state index in [-0.39, 0.29) is 24.3 Å². The highest BCUT2D eigenvalue weighted by molar-refractivity contribution is 5.95. The SMILES string of the molecule is CCOc1cc(C(=O)N2CCC(c3nnc4ccccn34)CC2)ccc1OCC(=O)N1CCCCC1. The van der Waals surface area contributed by atoms with Crippen molar-refractivity contribution in [2.24, 2.45) is 0 Å². The number of aromatic nitrogens is 3. The van der Waals surface area contributed by atoms with E-state index in [1.807, 2.05) is 45.5 Å². The molecule has 2 amide bonds. The third kappa shape index (κ3) is 5.15. The second-order valence-electron chi connectivity index (χ2n) is 9.38. The van der Waals surface area contributed by atoms with Crippen molar-refractivity contribution in [1.29, 1.82) is 0 Å². The highest BCUT2D eigenvalue weighted by atomic mass is 16.5. The third-order valence-electron chi connectivity index (χ3n) is 7.04. The molecule has 9 nitrogen and oxygen atoms in total. The average molecular weight is 492 g/mol. The Morgan fingerprint density at radius 1 is 0.917 bits per heavy atom. The van der Waals surface area contributed by atoms with E-state index in [0.717, 1.165) is 50.2 Å². The van der Waals surface area contributed by atoms with E-state index in [9.17, 15) is 9.59 Å². The van der Waals surface area contributed by atoms with Gasteiger partial charge >= 0.3 is 0 Å². The average Bonchev–Trinajstić information content (AvgIpc) is 3.37. The molecular formula is C27H33N5O4. The highest BCUT2D eigenvalue weighted by Crippen LogP contribution is 2.31. The zero-order chi connectivity index (χ0) is 24.9. The fraction of sp³-hybridized carbons (Fsp3) is 0.481. The largest absolute Gasteiger partial charge is 0.490 e. The lowest BCUT2D eigenvalue weighted by Gasteiger charge is -2.31. The van der Waals surface area contributed by atoms with Crippen molar-refractivity contribution in [2.45, 2.75) is 44.9 Å². The number of nitrogens with zero attached hydrogens (tertiary/aromatic N) is 5. The lowest BCUT2D eigenvalue weighted by atomic mass is 9.95. The van der Waals surface area contributed by atoms with E-state index < -0.39 is 0 Å². The Labute approximate surface area is 211 Å². The lowest BCUT2D eigenvalue weighted by Crippen LogP contribution is -2.38. The molecular weight excluding hydrogens is 458 g/mol. The minimum absolute atomic E-state index is 0.0133. The summed E-state index contributed by atoms with van der Waals surface area (Å²) in [5, 5.41) is 8.67. The molecule has 2 aliphatic heterocycles. The molecule has 5 rings (SSSR count). The van der Waals surface area contributed by atoms with Gasteiger partial charge in [-0.25, -0.2) is 0 Å². The van der Waals surface area contributed by atoms with Gasteiger partial charge in [0.1, 0.15) is 5.82 Å². The molecule has 190 valence electrons. The summed E-state index contributed by atoms with van der Waals surface area (Å²) in [6.07, 6.45) is 6.91. The van der Waals surface area contributed by atoms with Crippen molar-refractivity contribution >= 4 is 17.5 Å². The molecule has 1 aromatic carbocycles. The number of piperidine rings is 2. The van der Waals surface area contributed by atoms with Crippen LogP contribution >= 0.6 is 0 Å². The van der Waals surface area contributed by atoms with Crippen LogP contribution in [0.5, 0.6) is 11.5 Å². The van der Waals surface area contributed by atoms with E-state index in [2.05, 4.69) is 10.2 Å². The van der Waals surface area contributed by atoms with Crippen molar-refractivity contribution in [3.63, 3.8) is 0 Å². The van der Waals surface area contributed by atoms with Crippen LogP contribution in [0, 0.1) is 0 Å². The monoisotopic (exact) mass is 491 g/mol. The molecule has 36 heavy (non-hydrogen) atoms. The van der Waals surface area contributed by atoms with Gasteiger partial charge in [-0.2, -0.15) is 0 Å². The molecule has 0 unspecified atom stereocenters. The van der Waals surface area contributed by atoms with Crippen LogP contribution in [0.1, 0.15) is 61.1 Å². The number of benzene rings is 1. The molecule has 0 aliphatic carbocycles. The van der Waals surface area contributed by atoms with Crippen LogP contribution in [0.15, 0.2) is 42.6 Å². The van der Waals surface area contributed by atoms with Crippen LogP contribution in [-0.4, -0.2) is 75.6 Å². The Morgan fingerprint density at radius 2 is 1.72 bits per heavy atom. The van der Waals surface area contributed by atoms with Gasteiger partial charge in [0.2, 0.25) is 0 Å². The van der Waals surface area contributed by atoms with Crippen LogP contribution in [0.4, 0.5) is 0 Å². The van der Waals surface area contributed by atoms with Crippen LogP contribution in [-0.2, 0) is 4.79 Å². The van der Waals surface area contributed by atoms with Crippen LogP contribution in [0.3, 0.4) is 0 Å². The number of likely N-dealkylation sites (tertiary alicyclic amines) is 2. The topological polar surface area (TPSA) is 89.3 Å². The maximum Gasteiger partial charge on any atom is 0.260 e. The van der Waals surface area contributed by atoms with Gasteiger partial charge in [0.05, 0.1) is 6.61 Å². The predicted molar refractivity (Wildman–Crippen MR) is 134 cm³/mol. The van der Waals surface area contributed by atoms with Gasteiger partial charge in [0.25, 0.3) is 11.8 Å². The minimum Gasteiger partial charge on any atom is -0.490 e. The van der Waals surface area contributed by atoms with E-state index in [4.69, 9.17) is 9.47 Å². The summed E-state index contributed by atoms with van der Waals surface area (Å²) in [7, 11) is 0. The van der Waals surface area contributed by atoms with Gasteiger partial charge in [0.15, 0.2) is 23.8 Å². The summed E-state index contributed by atoms with van der Waals surface area (Å²) >= 11 is 0. The number of amides is 2. The normalized spacial score (nSPS) is 16.8. The highest BCUT2D eigenvalue weighted by Gasteiger charge is 2.28. The summed E-state index contributed by atoms with van der Waals surface area (Å²) in [5.74, 6) is 2.14. The molecule has 0 N–H and O–H groups in total. The molecule has 2 aliphatic rings. The van der Waals surface area contributed by atoms with Crippen molar-refractivity contribution in [2.75, 3.05) is 39.4 Å². The lowest BCUT2D eigenvalue weighted by molar-refractivity contribution is -0.134. The van der Waals surface area contributed by atoms with Crippen molar-refractivity contribution in [3.8, 4) is 11.5 Å². The van der Waals surface area contributed by atoms with Crippen molar-refractivity contribution in [3.05, 3.63) is 54.0 Å². The molecule has 0 bridgehead atoms. The summed E-state index contributed by atoms with van der Waals surface area (Å²) in [6.45, 7) is 5.17. The third-order valence-corrected chi connectivity index (χ3v) is 7.04. The fourth-order valence-electron chi connectivity index (χ4n) is 5.06. The summed E-state index contributed by atoms with van der Waals surface area (Å²) < 4.78 is 13.6. The van der Waals surface area contributed by atoms with Crippen molar-refractivity contribution in [1.82, 2.24) is 24.4 Å². The van der Waals surface area contributed by atoms with Crippen molar-refractivity contribution < 1.29 is 19.1 Å². The molecule has 0 saturated carbocycles. The number of hydrogen-bond donors (Lipinski definition) is 0. The number of carbonyl (C=O) groups is 2. The Kier molecular flexibility index (Phi) is 7.34. The first kappa shape index (κ1) is 24.1. The number of rotatable bonds is 7. The van der Waals surface area contributed by atoms with E-state index >= 15 is 0 Å². The zero-order valence-corrected chi connectivity index (χ0v) is 20.8. The number of ether oxygens (including phenoxy) is 2. The van der Waals surface area contributed by atoms with E-state index in [1.165, 1.54) is 6.42 Å². The molecule has 9 heteroatoms. The van der Waals surface area contributed by atoms with Gasteiger partial charge in [-0.15, -0.1) is 10.2 Å². The molecule has 2 saturated heterocycles. The smallest absolute Gasteiger partial charge is 0.260 e. The molecule has 0 radical (unpaired) electrons. The quantitative estimate of drug-likeness (QED) is 0.502. The van der Waals surface area contributed by atoms with Gasteiger partial charge < -0.3 is 19.3 Å². The number of fused-ring (bicyclic) bond motifs is 1. The Hall–Kier alpha value is -3.62. The van der Waals surface area contributed by atoms with Crippen LogP contribution in [0.25, 0.3) is 5.65 Å². The second kappa shape index (κ2) is 11.0. The summed E-state index contributed by atoms with van der Waals surface area (Å²) in [4.78, 5) is 29.5. The van der Waals surface area contributed by atoms with E-state index in [1.54, 1.807) is 18.2 Å². The standard InChI is InChI=1S/C27H33N5O4/c1-2-35-23-18-21(9-10-22(23)36-19-25(33)30-13-5-3-6-14-30)27(34)31-16-11-20(12-17-31)26-29-28-24-8-4-7-15-32(24)26/h4,7-10,15,18,20H,2-3,5-6,11-14,16-17,19H2,1H3. The second-order valence-corrected chi connectivity index (χ2v) is 9.38. The summed E-state index contributed by atoms with van der Waals surface area (Å²) in [5.41, 5.74) is 1.40. The number of pyridine rings is 1. The van der Waals surface area contributed by atoms with E-state index in [0.29, 0.717) is 36.8 Å². The zero-order valence-electron chi connectivity index (χ0n) is 20.8. The molecule has 2 aromatic heterocycles. The number of hydrogen-bond acceptors (Lipinski definition) is 6. The maximum atomic E-state index is 13.3. The molecule has 0 atom stereocenters. The van der Waals surface area contributed by atoms with Gasteiger partial charge in [-0.1, -0.05) is 6.07 Å². The first-order valence-electron chi connectivity index (χ1n) is 12.9. The first-order chi connectivity index (χ1) is 17.6. The van der Waals surface area contributed by atoms with Crippen LogP contribution in [0.2, 0.25) is 0 Å². The molecule has 2 fully saturated rings. The van der Waals surface area contributed by atoms with Gasteiger partial charge in [0, 0.05) is 43.9 Å². The predicted octanol–water partition coefficient (Wildman–Crippen LogP) is 3.54. The van der Waals surface area contributed by atoms with Gasteiger partial charge in [-0.3, -0.25) is 14.0 Å². The first-order valence-corrected chi connectivity index (χ1v) is 12.9. The Morgan fingerprint density at radius 3 is 2.50 bits per heavy atom. The molecule has 4 heterocycles. The Balaban J connectivity index is 1.21. The molecule has 3 aromatic rings. The Bertz CT molecular complexity index is 1210. The fourth-order valence-corrected chi connectivity index (χ4v) is 5.06. The maximum absolute atomic E-state index is 13.3. The van der Waals surface area contributed by atoms with Gasteiger partial charge in [-0.05, 0) is 69.4 Å².